The van der Waals surface area contributed by atoms with Crippen LogP contribution in [0.15, 0.2) is 0 Å². The first kappa shape index (κ1) is 9.62. The molecule has 0 aromatic heterocycles. The van der Waals surface area contributed by atoms with Gasteiger partial charge < -0.3 is 0 Å². The van der Waals surface area contributed by atoms with Crippen molar-refractivity contribution in [3.05, 3.63) is 0 Å². The fraction of sp³-hybridized carbons (Fsp3) is 0.667. The van der Waals surface area contributed by atoms with E-state index in [9.17, 15) is 9.59 Å². The number of hydrogen-bond acceptors (Lipinski definition) is 2. The SMILES string of the molecule is CC(Br)CCC(=O)NC=O. The number of alkyl halides is 1. The van der Waals surface area contributed by atoms with Crippen LogP contribution in [-0.2, 0) is 9.59 Å². The van der Waals surface area contributed by atoms with Crippen molar-refractivity contribution >= 4 is 28.2 Å². The van der Waals surface area contributed by atoms with Gasteiger partial charge in [0.25, 0.3) is 0 Å². The second-order valence-electron chi connectivity index (χ2n) is 2.00. The van der Waals surface area contributed by atoms with Crippen LogP contribution in [0.4, 0.5) is 0 Å². The van der Waals surface area contributed by atoms with Gasteiger partial charge in [-0.1, -0.05) is 22.9 Å². The van der Waals surface area contributed by atoms with Gasteiger partial charge in [-0.25, -0.2) is 0 Å². The summed E-state index contributed by atoms with van der Waals surface area (Å²) in [7, 11) is 0. The molecule has 1 atom stereocenters. The van der Waals surface area contributed by atoms with Crippen LogP contribution in [0, 0.1) is 0 Å². The largest absolute Gasteiger partial charge is 0.299 e. The van der Waals surface area contributed by atoms with Crippen molar-refractivity contribution in [1.29, 1.82) is 0 Å². The van der Waals surface area contributed by atoms with Crippen molar-refractivity contribution in [1.82, 2.24) is 5.32 Å². The van der Waals surface area contributed by atoms with Crippen molar-refractivity contribution in [3.8, 4) is 0 Å². The molecular formula is C6H10BrNO2. The Kier molecular flexibility index (Phi) is 5.20. The zero-order valence-corrected chi connectivity index (χ0v) is 7.35. The summed E-state index contributed by atoms with van der Waals surface area (Å²) in [4.78, 5) is 20.6. The summed E-state index contributed by atoms with van der Waals surface area (Å²) < 4.78 is 0. The number of imide groups is 1. The highest BCUT2D eigenvalue weighted by Crippen LogP contribution is 2.05. The smallest absolute Gasteiger partial charge is 0.226 e. The van der Waals surface area contributed by atoms with Crippen LogP contribution in [0.3, 0.4) is 0 Å². The molecule has 0 fully saturated rings. The van der Waals surface area contributed by atoms with E-state index in [0.29, 0.717) is 17.7 Å². The summed E-state index contributed by atoms with van der Waals surface area (Å²) in [6, 6.07) is 0. The minimum Gasteiger partial charge on any atom is -0.299 e. The molecule has 3 nitrogen and oxygen atoms in total. The molecule has 0 saturated heterocycles. The Morgan fingerprint density at radius 1 is 1.80 bits per heavy atom. The van der Waals surface area contributed by atoms with E-state index in [0.717, 1.165) is 6.42 Å². The number of carbonyl (C=O) groups is 2. The summed E-state index contributed by atoms with van der Waals surface area (Å²) in [5.41, 5.74) is 0. The molecule has 0 heterocycles. The number of halogens is 1. The molecule has 0 radical (unpaired) electrons. The van der Waals surface area contributed by atoms with Gasteiger partial charge in [0.05, 0.1) is 0 Å². The van der Waals surface area contributed by atoms with Gasteiger partial charge in [-0.3, -0.25) is 14.9 Å². The van der Waals surface area contributed by atoms with Crippen molar-refractivity contribution < 1.29 is 9.59 Å². The fourth-order valence-electron chi connectivity index (χ4n) is 0.468. The van der Waals surface area contributed by atoms with Crippen LogP contribution in [0.1, 0.15) is 19.8 Å². The predicted molar refractivity (Wildman–Crippen MR) is 41.8 cm³/mol. The topological polar surface area (TPSA) is 46.2 Å². The van der Waals surface area contributed by atoms with E-state index in [2.05, 4.69) is 21.2 Å². The second kappa shape index (κ2) is 5.41. The Balaban J connectivity index is 3.30. The van der Waals surface area contributed by atoms with E-state index in [-0.39, 0.29) is 5.91 Å². The first-order chi connectivity index (χ1) is 4.66. The Morgan fingerprint density at radius 2 is 2.40 bits per heavy atom. The minimum atomic E-state index is -0.221. The molecule has 2 amide bonds. The first-order valence-electron chi connectivity index (χ1n) is 3.04. The second-order valence-corrected chi connectivity index (χ2v) is 3.57. The summed E-state index contributed by atoms with van der Waals surface area (Å²) in [6.07, 6.45) is 1.55. The molecule has 0 aromatic rings. The monoisotopic (exact) mass is 207 g/mol. The van der Waals surface area contributed by atoms with Crippen LogP contribution in [0.5, 0.6) is 0 Å². The molecule has 1 N–H and O–H groups in total. The highest BCUT2D eigenvalue weighted by atomic mass is 79.9. The maximum absolute atomic E-state index is 10.6. The molecule has 0 saturated carbocycles. The van der Waals surface area contributed by atoms with Gasteiger partial charge in [-0.15, -0.1) is 0 Å². The van der Waals surface area contributed by atoms with E-state index in [1.54, 1.807) is 0 Å². The van der Waals surface area contributed by atoms with E-state index < -0.39 is 0 Å². The maximum Gasteiger partial charge on any atom is 0.226 e. The molecular weight excluding hydrogens is 198 g/mol. The van der Waals surface area contributed by atoms with Crippen molar-refractivity contribution in [2.45, 2.75) is 24.6 Å². The predicted octanol–water partition coefficient (Wildman–Crippen LogP) is 0.823. The molecule has 1 unspecified atom stereocenters. The average Bonchev–Trinajstić information content (AvgIpc) is 1.85. The lowest BCUT2D eigenvalue weighted by atomic mass is 10.2. The Labute approximate surface area is 68.3 Å². The minimum absolute atomic E-state index is 0.221. The van der Waals surface area contributed by atoms with Crippen LogP contribution in [-0.4, -0.2) is 17.1 Å². The molecule has 10 heavy (non-hydrogen) atoms. The standard InChI is InChI=1S/C6H10BrNO2/c1-5(7)2-3-6(10)8-4-9/h4-5H,2-3H2,1H3,(H,8,9,10). The first-order valence-corrected chi connectivity index (χ1v) is 3.95. The van der Waals surface area contributed by atoms with Crippen LogP contribution >= 0.6 is 15.9 Å². The molecule has 0 spiro atoms. The van der Waals surface area contributed by atoms with Gasteiger partial charge in [0, 0.05) is 11.2 Å². The fourth-order valence-corrected chi connectivity index (χ4v) is 0.697. The van der Waals surface area contributed by atoms with E-state index in [4.69, 9.17) is 0 Å². The molecule has 0 rings (SSSR count). The van der Waals surface area contributed by atoms with Gasteiger partial charge >= 0.3 is 0 Å². The van der Waals surface area contributed by atoms with E-state index in [1.807, 2.05) is 6.92 Å². The molecule has 0 aliphatic heterocycles. The third-order valence-corrected chi connectivity index (χ3v) is 1.45. The molecule has 0 aliphatic rings. The summed E-state index contributed by atoms with van der Waals surface area (Å²) >= 11 is 3.29. The lowest BCUT2D eigenvalue weighted by Crippen LogP contribution is -2.21. The molecule has 0 aromatic carbocycles. The number of hydrogen-bond donors (Lipinski definition) is 1. The molecule has 0 aliphatic carbocycles. The quantitative estimate of drug-likeness (QED) is 0.549. The normalized spacial score (nSPS) is 12.2. The van der Waals surface area contributed by atoms with Crippen molar-refractivity contribution in [3.63, 3.8) is 0 Å². The summed E-state index contributed by atoms with van der Waals surface area (Å²) in [5, 5.41) is 2.06. The molecule has 4 heteroatoms. The van der Waals surface area contributed by atoms with Gasteiger partial charge in [0.1, 0.15) is 0 Å². The van der Waals surface area contributed by atoms with Crippen LogP contribution < -0.4 is 5.32 Å². The zero-order chi connectivity index (χ0) is 7.98. The molecule has 0 bridgehead atoms. The summed E-state index contributed by atoms with van der Waals surface area (Å²) in [6.45, 7) is 1.95. The Hall–Kier alpha value is -0.380. The van der Waals surface area contributed by atoms with E-state index >= 15 is 0 Å². The lowest BCUT2D eigenvalue weighted by Gasteiger charge is -1.99. The average molecular weight is 208 g/mol. The molecule has 58 valence electrons. The number of amides is 2. The van der Waals surface area contributed by atoms with Crippen LogP contribution in [0.2, 0.25) is 0 Å². The maximum atomic E-state index is 10.6. The zero-order valence-electron chi connectivity index (χ0n) is 5.76. The van der Waals surface area contributed by atoms with Gasteiger partial charge in [0.2, 0.25) is 12.3 Å². The van der Waals surface area contributed by atoms with E-state index in [1.165, 1.54) is 0 Å². The summed E-state index contributed by atoms with van der Waals surface area (Å²) in [5.74, 6) is -0.221. The number of nitrogens with one attached hydrogen (secondary N) is 1. The van der Waals surface area contributed by atoms with Gasteiger partial charge in [-0.2, -0.15) is 0 Å². The highest BCUT2D eigenvalue weighted by Gasteiger charge is 2.01. The van der Waals surface area contributed by atoms with Crippen LogP contribution in [0.25, 0.3) is 0 Å². The van der Waals surface area contributed by atoms with Crippen molar-refractivity contribution in [2.75, 3.05) is 0 Å². The third-order valence-electron chi connectivity index (χ3n) is 0.989. The van der Waals surface area contributed by atoms with Gasteiger partial charge in [0.15, 0.2) is 0 Å². The Bertz CT molecular complexity index is 125. The number of carbonyl (C=O) groups excluding carboxylic acids is 2. The highest BCUT2D eigenvalue weighted by molar-refractivity contribution is 9.09. The van der Waals surface area contributed by atoms with Crippen molar-refractivity contribution in [2.24, 2.45) is 0 Å². The lowest BCUT2D eigenvalue weighted by molar-refractivity contribution is -0.125. The Morgan fingerprint density at radius 3 is 2.80 bits per heavy atom. The third kappa shape index (κ3) is 5.75. The van der Waals surface area contributed by atoms with Gasteiger partial charge in [-0.05, 0) is 6.42 Å². The number of rotatable bonds is 4.